The first-order chi connectivity index (χ1) is 31.9. The maximum absolute atomic E-state index is 6.90. The van der Waals surface area contributed by atoms with Crippen LogP contribution in [0.15, 0.2) is 154 Å². The van der Waals surface area contributed by atoms with E-state index >= 15 is 0 Å². The van der Waals surface area contributed by atoms with Gasteiger partial charge in [-0.3, -0.25) is 0 Å². The Labute approximate surface area is 481 Å². The number of allylic oxidation sites excluding steroid dienone is 3. The number of hydrogen-bond acceptors (Lipinski definition) is 5. The number of halogens is 13. The summed E-state index contributed by atoms with van der Waals surface area (Å²) in [6.07, 6.45) is 0. The molecule has 0 fully saturated rings. The monoisotopic (exact) mass is 1550 g/mol. The predicted molar refractivity (Wildman–Crippen MR) is 306 cm³/mol. The molecule has 1 atom stereocenters. The molecule has 2 aliphatic rings. The normalized spacial score (nSPS) is 16.8. The van der Waals surface area contributed by atoms with Crippen LogP contribution in [0.2, 0.25) is 20.1 Å². The van der Waals surface area contributed by atoms with Gasteiger partial charge in [-0.05, 0) is 209 Å². The van der Waals surface area contributed by atoms with Gasteiger partial charge >= 0.3 is 0 Å². The Morgan fingerprint density at radius 3 is 1.19 bits per heavy atom. The average molecular weight is 1560 g/mol. The van der Waals surface area contributed by atoms with E-state index in [1.54, 1.807) is 33.5 Å². The Hall–Kier alpha value is -0.900. The third-order valence-corrected chi connectivity index (χ3v) is 21.5. The van der Waals surface area contributed by atoms with Crippen molar-refractivity contribution in [1.82, 2.24) is 9.97 Å². The molecule has 0 saturated heterocycles. The molecule has 0 amide bonds. The molecule has 4 aromatic carbocycles. The molecule has 0 aliphatic carbocycles. The molecule has 8 rings (SSSR count). The van der Waals surface area contributed by atoms with Gasteiger partial charge in [-0.15, -0.1) is 0 Å². The number of benzene rings is 4. The lowest BCUT2D eigenvalue weighted by Gasteiger charge is -2.33. The Morgan fingerprint density at radius 1 is 0.448 bits per heavy atom. The second kappa shape index (κ2) is 21.3. The highest BCUT2D eigenvalue weighted by Crippen LogP contribution is 2.54. The van der Waals surface area contributed by atoms with Crippen LogP contribution in [0.4, 0.5) is 0 Å². The lowest BCUT2D eigenvalue weighted by molar-refractivity contribution is -0.160. The van der Waals surface area contributed by atoms with Crippen LogP contribution in [0.1, 0.15) is 45.0 Å². The zero-order chi connectivity index (χ0) is 48.3. The fourth-order valence-corrected chi connectivity index (χ4v) is 12.9. The molecular formula is C47H27Br9Cl4N4O3. The topological polar surface area (TPSA) is 84.0 Å². The summed E-state index contributed by atoms with van der Waals surface area (Å²) >= 11 is 60.7. The smallest absolute Gasteiger partial charge is 0.240 e. The fraction of sp³-hybridized carbons (Fsp3) is 0.106. The van der Waals surface area contributed by atoms with E-state index in [4.69, 9.17) is 70.6 Å². The Kier molecular flexibility index (Phi) is 16.7. The highest BCUT2D eigenvalue weighted by Gasteiger charge is 2.47. The molecule has 20 heteroatoms. The van der Waals surface area contributed by atoms with Crippen LogP contribution in [0.5, 0.6) is 0 Å². The quantitative estimate of drug-likeness (QED) is 0.120. The molecule has 344 valence electrons. The first kappa shape index (κ1) is 52.4. The van der Waals surface area contributed by atoms with Gasteiger partial charge in [0.25, 0.3) is 0 Å². The molecule has 2 N–H and O–H groups in total. The number of nitrogens with zero attached hydrogens (tertiary/aromatic N) is 2. The molecule has 6 aromatic rings. The van der Waals surface area contributed by atoms with Crippen LogP contribution in [-0.4, -0.2) is 41.6 Å². The number of H-pyrrole nitrogens is 2. The molecule has 0 bridgehead atoms. The lowest BCUT2D eigenvalue weighted by Crippen LogP contribution is -2.39. The maximum atomic E-state index is 6.90. The molecule has 4 heterocycles. The highest BCUT2D eigenvalue weighted by molar-refractivity contribution is 9.21. The summed E-state index contributed by atoms with van der Waals surface area (Å²) < 4.78 is 25.3. The van der Waals surface area contributed by atoms with Crippen molar-refractivity contribution in [2.24, 2.45) is 9.98 Å². The third-order valence-electron chi connectivity index (χ3n) is 11.0. The number of aromatic amines is 2. The largest absolute Gasteiger partial charge is 0.361 e. The minimum atomic E-state index is -1.44. The van der Waals surface area contributed by atoms with Gasteiger partial charge in [-0.1, -0.05) is 94.9 Å². The Bertz CT molecular complexity index is 3160. The van der Waals surface area contributed by atoms with Crippen molar-refractivity contribution in [3.63, 3.8) is 0 Å². The van der Waals surface area contributed by atoms with Crippen LogP contribution >= 0.6 is 190 Å². The molecule has 67 heavy (non-hydrogen) atoms. The number of aromatic nitrogens is 2. The van der Waals surface area contributed by atoms with Crippen molar-refractivity contribution in [2.75, 3.05) is 21.3 Å². The number of methoxy groups -OCH3 is 3. The van der Waals surface area contributed by atoms with Crippen LogP contribution in [0, 0.1) is 0 Å². The standard InChI is InChI=1S/C47H27Br9Cl4N4O3/c1-65-46(22-8-16-26(59)17-9-22,43-35(53)31(49)39(62-43)29(21-6-14-25(58)15-7-21)41-33(51)37(55)45(56)64-41)42-34(52)30(48)38(61-42)28(20-4-12-24(57)13-5-20)40-32(50)36(54)44(63-40)47(66-2,67-3)23-10-18-27(60)19-11-23/h4-19,61-62H,1-3H3/b40-28?,41-29-. The second-order valence-electron chi connectivity index (χ2n) is 14.5. The first-order valence-electron chi connectivity index (χ1n) is 19.2. The van der Waals surface area contributed by atoms with Gasteiger partial charge in [0.1, 0.15) is 10.3 Å². The summed E-state index contributed by atoms with van der Waals surface area (Å²) in [5.41, 5.74) is 7.24. The minimum Gasteiger partial charge on any atom is -0.361 e. The molecule has 1 unspecified atom stereocenters. The fourth-order valence-electron chi connectivity index (χ4n) is 7.87. The van der Waals surface area contributed by atoms with Gasteiger partial charge in [0.2, 0.25) is 5.79 Å². The summed E-state index contributed by atoms with van der Waals surface area (Å²) in [5.74, 6) is -1.44. The van der Waals surface area contributed by atoms with Gasteiger partial charge in [0.05, 0.1) is 70.0 Å². The highest BCUT2D eigenvalue weighted by atomic mass is 79.9. The molecule has 0 radical (unpaired) electrons. The predicted octanol–water partition coefficient (Wildman–Crippen LogP) is 18.9. The first-order valence-corrected chi connectivity index (χ1v) is 27.9. The summed E-state index contributed by atoms with van der Waals surface area (Å²) in [5, 5.41) is 2.26. The van der Waals surface area contributed by atoms with Crippen LogP contribution in [0.3, 0.4) is 0 Å². The summed E-state index contributed by atoms with van der Waals surface area (Å²) in [6, 6.07) is 29.8. The van der Waals surface area contributed by atoms with Crippen molar-refractivity contribution in [3.8, 4) is 0 Å². The number of rotatable bonds is 12. The summed E-state index contributed by atoms with van der Waals surface area (Å²) in [7, 11) is 4.78. The molecule has 0 saturated carbocycles. The molecular weight excluding hydrogens is 1530 g/mol. The summed E-state index contributed by atoms with van der Waals surface area (Å²) in [6.45, 7) is 0. The summed E-state index contributed by atoms with van der Waals surface area (Å²) in [4.78, 5) is 17.9. The number of hydrogen-bond donors (Lipinski definition) is 2. The van der Waals surface area contributed by atoms with E-state index < -0.39 is 11.4 Å². The van der Waals surface area contributed by atoms with Crippen LogP contribution in [0.25, 0.3) is 11.1 Å². The van der Waals surface area contributed by atoms with E-state index in [1.807, 2.05) is 84.9 Å². The molecule has 2 aliphatic heterocycles. The SMILES string of the molecule is COC(OC)(C1=NC(=C(c2ccc(Cl)cc2)c2[nH]c(C(OC)(c3ccc(Cl)cc3)c3[nH]c(/C(=C4\N=C(Br)C(Br)=C4Br)c4ccc(Cl)cc4)c(Br)c3Br)c(Br)c2Br)C(Br)=C1Br)c1ccc(Cl)cc1. The van der Waals surface area contributed by atoms with E-state index in [2.05, 4.69) is 153 Å². The Balaban J connectivity index is 1.43. The van der Waals surface area contributed by atoms with Crippen molar-refractivity contribution in [1.29, 1.82) is 0 Å². The zero-order valence-corrected chi connectivity index (χ0v) is 51.6. The van der Waals surface area contributed by atoms with Gasteiger partial charge < -0.3 is 24.2 Å². The minimum absolute atomic E-state index is 0.452. The van der Waals surface area contributed by atoms with Gasteiger partial charge in [-0.25, -0.2) is 9.98 Å². The molecule has 7 nitrogen and oxygen atoms in total. The van der Waals surface area contributed by atoms with Gasteiger partial charge in [0, 0.05) is 58.1 Å². The average Bonchev–Trinajstić information content (AvgIpc) is 3.98. The van der Waals surface area contributed by atoms with Crippen molar-refractivity contribution in [3.05, 3.63) is 209 Å². The van der Waals surface area contributed by atoms with Crippen LogP contribution in [-0.2, 0) is 25.6 Å². The Morgan fingerprint density at radius 2 is 0.821 bits per heavy atom. The lowest BCUT2D eigenvalue weighted by atomic mass is 9.87. The zero-order valence-electron chi connectivity index (χ0n) is 34.3. The second-order valence-corrected chi connectivity index (χ2v) is 23.4. The van der Waals surface area contributed by atoms with E-state index in [1.165, 1.54) is 0 Å². The third kappa shape index (κ3) is 9.40. The number of nitrogens with one attached hydrogen (secondary N) is 2. The van der Waals surface area contributed by atoms with Gasteiger partial charge in [-0.2, -0.15) is 0 Å². The van der Waals surface area contributed by atoms with Crippen molar-refractivity contribution < 1.29 is 14.2 Å². The van der Waals surface area contributed by atoms with E-state index in [0.717, 1.165) is 31.2 Å². The van der Waals surface area contributed by atoms with E-state index in [0.29, 0.717) is 103 Å². The van der Waals surface area contributed by atoms with Crippen molar-refractivity contribution in [2.45, 2.75) is 11.4 Å². The van der Waals surface area contributed by atoms with Gasteiger partial charge in [0.15, 0.2) is 5.60 Å². The number of aliphatic imine (C=N–C) groups is 2. The molecule has 2 aromatic heterocycles. The van der Waals surface area contributed by atoms with Crippen LogP contribution < -0.4 is 0 Å². The van der Waals surface area contributed by atoms with E-state index in [-0.39, 0.29) is 0 Å². The maximum Gasteiger partial charge on any atom is 0.240 e. The van der Waals surface area contributed by atoms with E-state index in [9.17, 15) is 0 Å². The van der Waals surface area contributed by atoms with Crippen molar-refractivity contribution >= 4 is 211 Å². The number of ether oxygens (including phenoxy) is 3. The molecule has 0 spiro atoms.